The lowest BCUT2D eigenvalue weighted by molar-refractivity contribution is 0.0939. The molecule has 0 bridgehead atoms. The zero-order valence-electron chi connectivity index (χ0n) is 20.8. The van der Waals surface area contributed by atoms with E-state index in [-0.39, 0.29) is 11.6 Å². The fourth-order valence-corrected chi connectivity index (χ4v) is 5.30. The topological polar surface area (TPSA) is 90.1 Å². The Hall–Kier alpha value is -2.61. The third-order valence-corrected chi connectivity index (χ3v) is 7.88. The predicted octanol–water partition coefficient (Wildman–Crippen LogP) is 5.09. The minimum atomic E-state index is -0.417. The number of benzene rings is 1. The van der Waals surface area contributed by atoms with Crippen LogP contribution < -0.4 is 21.1 Å². The smallest absolute Gasteiger partial charge is 0.263 e. The normalized spacial score (nSPS) is 19.2. The molecule has 190 valence electrons. The van der Waals surface area contributed by atoms with Crippen molar-refractivity contribution in [2.24, 2.45) is 0 Å². The van der Waals surface area contributed by atoms with Gasteiger partial charge in [-0.3, -0.25) is 14.6 Å². The highest BCUT2D eigenvalue weighted by Crippen LogP contribution is 2.43. The van der Waals surface area contributed by atoms with Crippen LogP contribution in [0.3, 0.4) is 0 Å². The Balaban J connectivity index is 1.62. The minimum absolute atomic E-state index is 0.135. The zero-order valence-corrected chi connectivity index (χ0v) is 22.3. The molecule has 7 nitrogen and oxygen atoms in total. The molecule has 1 aliphatic heterocycles. The largest absolute Gasteiger partial charge is 0.369 e. The number of nitrogens with one attached hydrogen (secondary N) is 3. The highest BCUT2D eigenvalue weighted by Gasteiger charge is 2.32. The lowest BCUT2D eigenvalue weighted by Gasteiger charge is -2.27. The van der Waals surface area contributed by atoms with Gasteiger partial charge in [0.1, 0.15) is 5.56 Å². The number of hydrogen-bond donors (Lipinski definition) is 3. The Bertz CT molecular complexity index is 1380. The number of amides is 1. The highest BCUT2D eigenvalue weighted by molar-refractivity contribution is 6.42. The van der Waals surface area contributed by atoms with Crippen LogP contribution in [-0.2, 0) is 0 Å². The predicted molar refractivity (Wildman–Crippen MR) is 146 cm³/mol. The third kappa shape index (κ3) is 4.97. The maximum absolute atomic E-state index is 13.7. The summed E-state index contributed by atoms with van der Waals surface area (Å²) < 4.78 is 0. The first kappa shape index (κ1) is 25.1. The van der Waals surface area contributed by atoms with E-state index in [0.717, 1.165) is 60.2 Å². The molecule has 1 saturated heterocycles. The molecule has 9 heteroatoms. The number of aryl methyl sites for hydroxylation is 1. The maximum Gasteiger partial charge on any atom is 0.263 e. The van der Waals surface area contributed by atoms with Gasteiger partial charge in [0.2, 0.25) is 0 Å². The van der Waals surface area contributed by atoms with Crippen molar-refractivity contribution in [1.82, 2.24) is 20.6 Å². The first-order valence-corrected chi connectivity index (χ1v) is 13.3. The molecule has 3 aromatic rings. The van der Waals surface area contributed by atoms with Crippen molar-refractivity contribution in [3.05, 3.63) is 67.2 Å². The molecule has 1 aliphatic carbocycles. The van der Waals surface area contributed by atoms with Crippen LogP contribution in [-0.4, -0.2) is 41.6 Å². The van der Waals surface area contributed by atoms with Crippen molar-refractivity contribution >= 4 is 45.7 Å². The van der Waals surface area contributed by atoms with E-state index >= 15 is 0 Å². The Labute approximate surface area is 220 Å². The third-order valence-electron chi connectivity index (χ3n) is 7.14. The standard InChI is InChI=1S/C27H31Cl2N5O2/c1-14-8-10-34(11-9-30-14)25-19-12-15(2)31-23(17-4-5-17)24(19)33-27(36)22(25)26(35)32-16(3)18-6-7-20(28)21(29)13-18/h6-7,12-14,16-17,30H,4-5,8-11H2,1-3H3,(H,32,35)(H,33,36)/t14-,16-/m0/s1. The summed E-state index contributed by atoms with van der Waals surface area (Å²) in [6.45, 7) is 8.21. The maximum atomic E-state index is 13.7. The summed E-state index contributed by atoms with van der Waals surface area (Å²) in [6, 6.07) is 7.25. The lowest BCUT2D eigenvalue weighted by Crippen LogP contribution is -2.37. The number of aromatic nitrogens is 2. The van der Waals surface area contributed by atoms with Gasteiger partial charge in [-0.25, -0.2) is 0 Å². The fraction of sp³-hybridized carbons (Fsp3) is 0.444. The summed E-state index contributed by atoms with van der Waals surface area (Å²) in [4.78, 5) is 37.3. The van der Waals surface area contributed by atoms with Crippen LogP contribution in [0.25, 0.3) is 10.9 Å². The molecule has 1 aromatic carbocycles. The average molecular weight is 528 g/mol. The van der Waals surface area contributed by atoms with Crippen LogP contribution >= 0.6 is 23.2 Å². The minimum Gasteiger partial charge on any atom is -0.369 e. The molecule has 3 heterocycles. The number of fused-ring (bicyclic) bond motifs is 1. The molecular weight excluding hydrogens is 497 g/mol. The Kier molecular flexibility index (Phi) is 6.99. The average Bonchev–Trinajstić information content (AvgIpc) is 3.68. The number of halogens is 2. The van der Waals surface area contributed by atoms with E-state index in [1.807, 2.05) is 26.0 Å². The molecule has 36 heavy (non-hydrogen) atoms. The number of anilines is 1. The molecule has 3 N–H and O–H groups in total. The summed E-state index contributed by atoms with van der Waals surface area (Å²) in [7, 11) is 0. The number of H-pyrrole nitrogens is 1. The zero-order chi connectivity index (χ0) is 25.6. The van der Waals surface area contributed by atoms with Gasteiger partial charge in [-0.15, -0.1) is 0 Å². The van der Waals surface area contributed by atoms with Gasteiger partial charge in [-0.1, -0.05) is 29.3 Å². The summed E-state index contributed by atoms with van der Waals surface area (Å²) >= 11 is 12.3. The molecule has 2 aliphatic rings. The van der Waals surface area contributed by atoms with Crippen molar-refractivity contribution in [1.29, 1.82) is 0 Å². The monoisotopic (exact) mass is 527 g/mol. The second kappa shape index (κ2) is 10.0. The van der Waals surface area contributed by atoms with E-state index in [1.165, 1.54) is 0 Å². The number of rotatable bonds is 5. The quantitative estimate of drug-likeness (QED) is 0.429. The van der Waals surface area contributed by atoms with E-state index in [1.54, 1.807) is 12.1 Å². The van der Waals surface area contributed by atoms with E-state index in [2.05, 4.69) is 27.4 Å². The number of carbonyl (C=O) groups excluding carboxylic acids is 1. The van der Waals surface area contributed by atoms with Crippen LogP contribution in [0.4, 0.5) is 5.69 Å². The molecule has 2 aromatic heterocycles. The van der Waals surface area contributed by atoms with E-state index < -0.39 is 11.5 Å². The molecule has 0 unspecified atom stereocenters. The number of nitrogens with zero attached hydrogens (tertiary/aromatic N) is 2. The van der Waals surface area contributed by atoms with Gasteiger partial charge in [-0.2, -0.15) is 0 Å². The summed E-state index contributed by atoms with van der Waals surface area (Å²) in [5.74, 6) is -0.0597. The number of hydrogen-bond acceptors (Lipinski definition) is 5. The van der Waals surface area contributed by atoms with Crippen molar-refractivity contribution < 1.29 is 4.79 Å². The van der Waals surface area contributed by atoms with Crippen molar-refractivity contribution in [2.75, 3.05) is 24.5 Å². The van der Waals surface area contributed by atoms with Gasteiger partial charge in [-0.05, 0) is 63.8 Å². The molecule has 1 saturated carbocycles. The SMILES string of the molecule is Cc1cc2c(N3CCN[C@@H](C)CC3)c(C(=O)N[C@@H](C)c3ccc(Cl)c(Cl)c3)c(=O)[nH]c2c(C2CC2)n1. The Morgan fingerprint density at radius 1 is 1.17 bits per heavy atom. The second-order valence-corrected chi connectivity index (χ2v) is 10.8. The molecule has 5 rings (SSSR count). The van der Waals surface area contributed by atoms with Crippen molar-refractivity contribution in [3.8, 4) is 0 Å². The van der Waals surface area contributed by atoms with E-state index in [4.69, 9.17) is 28.2 Å². The second-order valence-electron chi connectivity index (χ2n) is 10.0. The fourth-order valence-electron chi connectivity index (χ4n) is 4.99. The first-order chi connectivity index (χ1) is 17.2. The van der Waals surface area contributed by atoms with Gasteiger partial charge in [0.05, 0.1) is 33.0 Å². The van der Waals surface area contributed by atoms with E-state index in [9.17, 15) is 9.59 Å². The van der Waals surface area contributed by atoms with E-state index in [0.29, 0.717) is 34.2 Å². The molecular formula is C27H31Cl2N5O2. The van der Waals surface area contributed by atoms with Gasteiger partial charge in [0.15, 0.2) is 0 Å². The Morgan fingerprint density at radius 2 is 1.94 bits per heavy atom. The summed E-state index contributed by atoms with van der Waals surface area (Å²) in [5.41, 5.74) is 3.81. The first-order valence-electron chi connectivity index (χ1n) is 12.5. The molecule has 2 atom stereocenters. The van der Waals surface area contributed by atoms with Crippen molar-refractivity contribution in [3.63, 3.8) is 0 Å². The van der Waals surface area contributed by atoms with Gasteiger partial charge in [0.25, 0.3) is 11.5 Å². The lowest BCUT2D eigenvalue weighted by atomic mass is 10.0. The number of pyridine rings is 2. The van der Waals surface area contributed by atoms with Crippen LogP contribution in [0.1, 0.15) is 72.4 Å². The summed E-state index contributed by atoms with van der Waals surface area (Å²) in [6.07, 6.45) is 3.05. The number of aromatic amines is 1. The van der Waals surface area contributed by atoms with Crippen LogP contribution in [0, 0.1) is 6.92 Å². The summed E-state index contributed by atoms with van der Waals surface area (Å²) in [5, 5.41) is 8.27. The molecule has 2 fully saturated rings. The van der Waals surface area contributed by atoms with Crippen LogP contribution in [0.2, 0.25) is 10.0 Å². The molecule has 0 spiro atoms. The van der Waals surface area contributed by atoms with Gasteiger partial charge >= 0.3 is 0 Å². The molecule has 0 radical (unpaired) electrons. The van der Waals surface area contributed by atoms with Gasteiger partial charge in [0, 0.05) is 42.7 Å². The molecule has 1 amide bonds. The number of carbonyl (C=O) groups is 1. The van der Waals surface area contributed by atoms with Crippen LogP contribution in [0.15, 0.2) is 29.1 Å². The highest BCUT2D eigenvalue weighted by atomic mass is 35.5. The van der Waals surface area contributed by atoms with Gasteiger partial charge < -0.3 is 20.5 Å². The Morgan fingerprint density at radius 3 is 2.67 bits per heavy atom. The van der Waals surface area contributed by atoms with Crippen LogP contribution in [0.5, 0.6) is 0 Å². The van der Waals surface area contributed by atoms with Crippen molar-refractivity contribution in [2.45, 2.75) is 58.0 Å².